The zero-order valence-electron chi connectivity index (χ0n) is 9.64. The van der Waals surface area contributed by atoms with Gasteiger partial charge in [0.1, 0.15) is 0 Å². The number of hydrogen-bond acceptors (Lipinski definition) is 2. The maximum absolute atomic E-state index is 2.64. The average molecular weight is 204 g/mol. The topological polar surface area (TPSA) is 6.48 Å². The van der Waals surface area contributed by atoms with Crippen LogP contribution in [-0.2, 0) is 0 Å². The van der Waals surface area contributed by atoms with E-state index in [2.05, 4.69) is 37.0 Å². The summed E-state index contributed by atoms with van der Waals surface area (Å²) in [6, 6.07) is 0. The van der Waals surface area contributed by atoms with Gasteiger partial charge in [-0.05, 0) is 0 Å². The molecule has 0 aromatic carbocycles. The summed E-state index contributed by atoms with van der Waals surface area (Å²) in [6.07, 6.45) is 5.53. The molecule has 1 heterocycles. The van der Waals surface area contributed by atoms with Crippen LogP contribution < -0.4 is 0 Å². The first-order valence-electron chi connectivity index (χ1n) is 5.53. The third kappa shape index (κ3) is 2.43. The first kappa shape index (κ1) is 11.4. The van der Waals surface area contributed by atoms with Crippen molar-refractivity contribution in [3.63, 3.8) is 0 Å². The summed E-state index contributed by atoms with van der Waals surface area (Å²) in [5.41, 5.74) is 0. The van der Waals surface area contributed by atoms with Gasteiger partial charge < -0.3 is 0 Å². The van der Waals surface area contributed by atoms with Crippen molar-refractivity contribution in [1.29, 1.82) is 0 Å². The normalized spacial score (nSPS) is 27.4. The number of nitrogens with zero attached hydrogens (tertiary/aromatic N) is 2. The van der Waals surface area contributed by atoms with Crippen molar-refractivity contribution in [2.45, 2.75) is 26.2 Å². The minimum atomic E-state index is -1.20. The second-order valence-corrected chi connectivity index (χ2v) is 8.98. The van der Waals surface area contributed by atoms with E-state index in [0.717, 1.165) is 0 Å². The molecule has 0 aromatic heterocycles. The van der Waals surface area contributed by atoms with Gasteiger partial charge in [-0.3, -0.25) is 0 Å². The molecule has 0 aromatic rings. The van der Waals surface area contributed by atoms with E-state index in [0.29, 0.717) is 0 Å². The van der Waals surface area contributed by atoms with Crippen molar-refractivity contribution in [3.05, 3.63) is 0 Å². The van der Waals surface area contributed by atoms with Gasteiger partial charge in [-0.2, -0.15) is 0 Å². The van der Waals surface area contributed by atoms with Gasteiger partial charge >= 0.3 is 83.1 Å². The van der Waals surface area contributed by atoms with Crippen LogP contribution in [0.5, 0.6) is 0 Å². The van der Waals surface area contributed by atoms with Gasteiger partial charge in [0, 0.05) is 0 Å². The van der Waals surface area contributed by atoms with Crippen LogP contribution in [0, 0.1) is 0 Å². The van der Waals surface area contributed by atoms with Gasteiger partial charge in [0.15, 0.2) is 0 Å². The molecule has 0 radical (unpaired) electrons. The molecule has 0 spiro atoms. The van der Waals surface area contributed by atoms with E-state index in [1.54, 1.807) is 0 Å². The Balaban J connectivity index is 2.58. The third-order valence-electron chi connectivity index (χ3n) is 3.64. The molecule has 80 valence electrons. The monoisotopic (exact) mass is 204 g/mol. The second-order valence-electron chi connectivity index (χ2n) is 4.52. The van der Waals surface area contributed by atoms with Crippen LogP contribution in [0.15, 0.2) is 0 Å². The standard InChI is InChI=1S/C10H25N2P/c1-5-6-10-13(4)11(2)8-7-9-12(13)3/h13H,5-10H2,1-4H3. The predicted molar refractivity (Wildman–Crippen MR) is 63.9 cm³/mol. The fourth-order valence-corrected chi connectivity index (χ4v) is 5.86. The van der Waals surface area contributed by atoms with Crippen LogP contribution in [-0.4, -0.2) is 49.4 Å². The minimum absolute atomic E-state index is 1.20. The Bertz CT molecular complexity index is 151. The molecule has 0 amide bonds. The molecule has 0 saturated carbocycles. The van der Waals surface area contributed by atoms with Crippen LogP contribution in [0.3, 0.4) is 0 Å². The van der Waals surface area contributed by atoms with Crippen molar-refractivity contribution in [1.82, 2.24) is 9.34 Å². The molecule has 0 bridgehead atoms. The van der Waals surface area contributed by atoms with Crippen LogP contribution in [0.1, 0.15) is 26.2 Å². The molecular weight excluding hydrogens is 179 g/mol. The van der Waals surface area contributed by atoms with Crippen LogP contribution in [0.4, 0.5) is 0 Å². The zero-order valence-corrected chi connectivity index (χ0v) is 10.6. The Morgan fingerprint density at radius 2 is 1.69 bits per heavy atom. The van der Waals surface area contributed by atoms with E-state index >= 15 is 0 Å². The molecule has 1 rings (SSSR count). The molecule has 1 aliphatic rings. The molecule has 0 aliphatic carbocycles. The number of unbranched alkanes of at least 4 members (excludes halogenated alkanes) is 1. The van der Waals surface area contributed by atoms with Crippen molar-refractivity contribution >= 4 is 7.56 Å². The summed E-state index contributed by atoms with van der Waals surface area (Å²) >= 11 is 0. The molecule has 1 aliphatic heterocycles. The molecule has 1 saturated heterocycles. The summed E-state index contributed by atoms with van der Waals surface area (Å²) < 4.78 is 5.29. The molecule has 0 unspecified atom stereocenters. The Hall–Kier alpha value is 0.350. The van der Waals surface area contributed by atoms with Crippen LogP contribution in [0.2, 0.25) is 0 Å². The Labute approximate surface area is 83.7 Å². The third-order valence-corrected chi connectivity index (χ3v) is 8.67. The van der Waals surface area contributed by atoms with Crippen molar-refractivity contribution < 1.29 is 0 Å². The van der Waals surface area contributed by atoms with Gasteiger partial charge in [-0.15, -0.1) is 0 Å². The van der Waals surface area contributed by atoms with E-state index in [4.69, 9.17) is 0 Å². The van der Waals surface area contributed by atoms with E-state index in [1.165, 1.54) is 38.5 Å². The van der Waals surface area contributed by atoms with E-state index < -0.39 is 7.56 Å². The van der Waals surface area contributed by atoms with Gasteiger partial charge in [0.2, 0.25) is 0 Å². The van der Waals surface area contributed by atoms with Gasteiger partial charge in [0.25, 0.3) is 0 Å². The number of rotatable bonds is 3. The van der Waals surface area contributed by atoms with Crippen molar-refractivity contribution in [3.8, 4) is 0 Å². The van der Waals surface area contributed by atoms with Crippen LogP contribution >= 0.6 is 7.56 Å². The quantitative estimate of drug-likeness (QED) is 0.651. The fourth-order valence-electron chi connectivity index (χ4n) is 2.21. The van der Waals surface area contributed by atoms with Crippen molar-refractivity contribution in [2.75, 3.05) is 40.0 Å². The first-order valence-corrected chi connectivity index (χ1v) is 8.14. The van der Waals surface area contributed by atoms with E-state index in [9.17, 15) is 0 Å². The van der Waals surface area contributed by atoms with E-state index in [1.807, 2.05) is 0 Å². The molecule has 0 N–H and O–H groups in total. The maximum atomic E-state index is 2.64. The summed E-state index contributed by atoms with van der Waals surface area (Å²) in [6.45, 7) is 7.44. The zero-order chi connectivity index (χ0) is 9.90. The van der Waals surface area contributed by atoms with Gasteiger partial charge in [-0.25, -0.2) is 0 Å². The molecule has 0 atom stereocenters. The summed E-state index contributed by atoms with van der Waals surface area (Å²) in [4.78, 5) is 0. The average Bonchev–Trinajstić information content (AvgIpc) is 2.11. The molecule has 1 fully saturated rings. The van der Waals surface area contributed by atoms with E-state index in [-0.39, 0.29) is 0 Å². The molecule has 3 heteroatoms. The fraction of sp³-hybridized carbons (Fsp3) is 1.00. The first-order chi connectivity index (χ1) is 6.11. The summed E-state index contributed by atoms with van der Waals surface area (Å²) in [5.74, 6) is 0. The Morgan fingerprint density at radius 3 is 2.15 bits per heavy atom. The molecule has 2 nitrogen and oxygen atoms in total. The Morgan fingerprint density at radius 1 is 1.15 bits per heavy atom. The number of hydrogen-bond donors (Lipinski definition) is 0. The second kappa shape index (κ2) is 4.72. The molecular formula is C10H25N2P. The van der Waals surface area contributed by atoms with Crippen LogP contribution in [0.25, 0.3) is 0 Å². The SMILES string of the molecule is CCCC[PH]1(C)N(C)CCCN1C. The molecule has 13 heavy (non-hydrogen) atoms. The summed E-state index contributed by atoms with van der Waals surface area (Å²) in [7, 11) is 3.44. The Kier molecular flexibility index (Phi) is 4.15. The van der Waals surface area contributed by atoms with Crippen molar-refractivity contribution in [2.24, 2.45) is 0 Å². The predicted octanol–water partition coefficient (Wildman–Crippen LogP) is 2.26. The summed E-state index contributed by atoms with van der Waals surface area (Å²) in [5, 5.41) is 0. The van der Waals surface area contributed by atoms with Gasteiger partial charge in [0.05, 0.1) is 0 Å². The van der Waals surface area contributed by atoms with Gasteiger partial charge in [-0.1, -0.05) is 0 Å².